The van der Waals surface area contributed by atoms with Gasteiger partial charge < -0.3 is 19.2 Å². The molecule has 1 amide bonds. The Labute approximate surface area is 149 Å². The molecule has 0 bridgehead atoms. The number of amides is 1. The molecule has 0 saturated heterocycles. The molecule has 1 unspecified atom stereocenters. The highest BCUT2D eigenvalue weighted by atomic mass is 19.1. The van der Waals surface area contributed by atoms with Gasteiger partial charge in [-0.15, -0.1) is 0 Å². The van der Waals surface area contributed by atoms with E-state index in [0.29, 0.717) is 22.8 Å². The third-order valence-electron chi connectivity index (χ3n) is 4.20. The third kappa shape index (κ3) is 3.13. The lowest BCUT2D eigenvalue weighted by Crippen LogP contribution is -2.26. The van der Waals surface area contributed by atoms with E-state index in [1.807, 2.05) is 25.1 Å². The Hall–Kier alpha value is -3.28. The van der Waals surface area contributed by atoms with Gasteiger partial charge in [-0.1, -0.05) is 6.07 Å². The fourth-order valence-electron chi connectivity index (χ4n) is 2.76. The molecule has 0 spiro atoms. The molecule has 3 aromatic rings. The molecule has 132 valence electrons. The van der Waals surface area contributed by atoms with Crippen LogP contribution in [0.3, 0.4) is 0 Å². The molecule has 0 fully saturated rings. The van der Waals surface area contributed by atoms with Crippen molar-refractivity contribution in [2.45, 2.75) is 13.0 Å². The summed E-state index contributed by atoms with van der Waals surface area (Å²) in [6.45, 7) is 2.08. The van der Waals surface area contributed by atoms with E-state index in [0.717, 1.165) is 5.56 Å². The smallest absolute Gasteiger partial charge is 0.287 e. The third-order valence-corrected chi connectivity index (χ3v) is 4.20. The van der Waals surface area contributed by atoms with Gasteiger partial charge in [0.1, 0.15) is 11.6 Å². The van der Waals surface area contributed by atoms with Crippen molar-refractivity contribution in [1.82, 2.24) is 5.32 Å². The maximum absolute atomic E-state index is 13.0. The minimum absolute atomic E-state index is 0.192. The monoisotopic (exact) mass is 353 g/mol. The Morgan fingerprint density at radius 3 is 2.62 bits per heavy atom. The van der Waals surface area contributed by atoms with Crippen molar-refractivity contribution < 1.29 is 23.1 Å². The second-order valence-electron chi connectivity index (χ2n) is 5.98. The Morgan fingerprint density at radius 1 is 1.04 bits per heavy atom. The van der Waals surface area contributed by atoms with Gasteiger partial charge in [0.2, 0.25) is 6.79 Å². The molecular weight excluding hydrogens is 337 g/mol. The quantitative estimate of drug-likeness (QED) is 0.759. The van der Waals surface area contributed by atoms with E-state index in [1.54, 1.807) is 24.3 Å². The van der Waals surface area contributed by atoms with Crippen LogP contribution in [0.5, 0.6) is 11.5 Å². The number of carbonyl (C=O) groups is 1. The van der Waals surface area contributed by atoms with Crippen molar-refractivity contribution in [3.63, 3.8) is 0 Å². The van der Waals surface area contributed by atoms with Gasteiger partial charge in [-0.2, -0.15) is 0 Å². The maximum atomic E-state index is 13.0. The number of halogens is 1. The summed E-state index contributed by atoms with van der Waals surface area (Å²) in [7, 11) is 0. The molecule has 1 aliphatic heterocycles. The van der Waals surface area contributed by atoms with E-state index in [-0.39, 0.29) is 30.3 Å². The first-order valence-electron chi connectivity index (χ1n) is 8.16. The Bertz CT molecular complexity index is 949. The molecule has 6 heteroatoms. The summed E-state index contributed by atoms with van der Waals surface area (Å²) < 4.78 is 29.3. The van der Waals surface area contributed by atoms with Gasteiger partial charge in [-0.25, -0.2) is 4.39 Å². The molecule has 0 saturated carbocycles. The van der Waals surface area contributed by atoms with E-state index in [9.17, 15) is 9.18 Å². The number of hydrogen-bond donors (Lipinski definition) is 1. The Balaban J connectivity index is 1.47. The van der Waals surface area contributed by atoms with E-state index < -0.39 is 0 Å². The second kappa shape index (κ2) is 6.55. The zero-order valence-corrected chi connectivity index (χ0v) is 14.0. The Morgan fingerprint density at radius 2 is 1.81 bits per heavy atom. The van der Waals surface area contributed by atoms with Crippen molar-refractivity contribution in [3.05, 3.63) is 71.7 Å². The standard InChI is InChI=1S/C20H16FNO4/c1-12(14-4-7-17-19(10-14)25-11-24-17)22-20(23)18-9-8-16(26-18)13-2-5-15(21)6-3-13/h2-10,12H,11H2,1H3,(H,22,23). The number of carbonyl (C=O) groups excluding carboxylic acids is 1. The average molecular weight is 353 g/mol. The first kappa shape index (κ1) is 16.2. The molecule has 1 aliphatic rings. The van der Waals surface area contributed by atoms with Crippen molar-refractivity contribution in [2.75, 3.05) is 6.79 Å². The molecule has 1 atom stereocenters. The SMILES string of the molecule is CC(NC(=O)c1ccc(-c2ccc(F)cc2)o1)c1ccc2c(c1)OCO2. The van der Waals surface area contributed by atoms with Gasteiger partial charge in [0, 0.05) is 5.56 Å². The summed E-state index contributed by atoms with van der Waals surface area (Å²) in [5, 5.41) is 2.89. The fraction of sp³-hybridized carbons (Fsp3) is 0.150. The van der Waals surface area contributed by atoms with Crippen LogP contribution in [-0.2, 0) is 0 Å². The normalized spacial score (nSPS) is 13.5. The molecule has 4 rings (SSSR count). The van der Waals surface area contributed by atoms with E-state index in [4.69, 9.17) is 13.9 Å². The zero-order valence-electron chi connectivity index (χ0n) is 14.0. The molecule has 1 N–H and O–H groups in total. The number of benzene rings is 2. The molecule has 2 heterocycles. The highest BCUT2D eigenvalue weighted by molar-refractivity contribution is 5.92. The van der Waals surface area contributed by atoms with Crippen LogP contribution >= 0.6 is 0 Å². The number of furan rings is 1. The van der Waals surface area contributed by atoms with Gasteiger partial charge >= 0.3 is 0 Å². The van der Waals surface area contributed by atoms with E-state index >= 15 is 0 Å². The van der Waals surface area contributed by atoms with Crippen LogP contribution in [0.15, 0.2) is 59.0 Å². The van der Waals surface area contributed by atoms with Gasteiger partial charge in [-0.3, -0.25) is 4.79 Å². The van der Waals surface area contributed by atoms with E-state index in [2.05, 4.69) is 5.32 Å². The summed E-state index contributed by atoms with van der Waals surface area (Å²) in [6, 6.07) is 14.5. The van der Waals surface area contributed by atoms with Crippen molar-refractivity contribution >= 4 is 5.91 Å². The van der Waals surface area contributed by atoms with Gasteiger partial charge in [0.25, 0.3) is 5.91 Å². The predicted molar refractivity (Wildman–Crippen MR) is 92.5 cm³/mol. The summed E-state index contributed by atoms with van der Waals surface area (Å²) in [4.78, 5) is 12.4. The van der Waals surface area contributed by atoms with Crippen molar-refractivity contribution in [2.24, 2.45) is 0 Å². The number of fused-ring (bicyclic) bond motifs is 1. The minimum atomic E-state index is -0.330. The summed E-state index contributed by atoms with van der Waals surface area (Å²) in [5.74, 6) is 1.41. The lowest BCUT2D eigenvalue weighted by molar-refractivity contribution is 0.0912. The van der Waals surface area contributed by atoms with Crippen LogP contribution in [0.25, 0.3) is 11.3 Å². The summed E-state index contributed by atoms with van der Waals surface area (Å²) in [6.07, 6.45) is 0. The predicted octanol–water partition coefficient (Wildman–Crippen LogP) is 4.31. The van der Waals surface area contributed by atoms with Crippen molar-refractivity contribution in [1.29, 1.82) is 0 Å². The Kier molecular flexibility index (Phi) is 4.08. The van der Waals surface area contributed by atoms with Crippen molar-refractivity contribution in [3.8, 4) is 22.8 Å². The van der Waals surface area contributed by atoms with Gasteiger partial charge in [0.15, 0.2) is 17.3 Å². The topological polar surface area (TPSA) is 60.7 Å². The lowest BCUT2D eigenvalue weighted by Gasteiger charge is -2.13. The molecule has 5 nitrogen and oxygen atoms in total. The first-order valence-corrected chi connectivity index (χ1v) is 8.16. The van der Waals surface area contributed by atoms with Crippen LogP contribution in [-0.4, -0.2) is 12.7 Å². The number of nitrogens with one attached hydrogen (secondary N) is 1. The molecule has 1 aromatic heterocycles. The highest BCUT2D eigenvalue weighted by Gasteiger charge is 2.19. The molecule has 0 radical (unpaired) electrons. The van der Waals surface area contributed by atoms with Crippen LogP contribution in [0.2, 0.25) is 0 Å². The summed E-state index contributed by atoms with van der Waals surface area (Å²) in [5.41, 5.74) is 1.60. The molecule has 26 heavy (non-hydrogen) atoms. The number of ether oxygens (including phenoxy) is 2. The van der Waals surface area contributed by atoms with E-state index in [1.165, 1.54) is 12.1 Å². The largest absolute Gasteiger partial charge is 0.454 e. The molecule has 2 aromatic carbocycles. The highest BCUT2D eigenvalue weighted by Crippen LogP contribution is 2.34. The van der Waals surface area contributed by atoms with Crippen LogP contribution in [0, 0.1) is 5.82 Å². The van der Waals surface area contributed by atoms with Crippen LogP contribution < -0.4 is 14.8 Å². The fourth-order valence-corrected chi connectivity index (χ4v) is 2.76. The molecule has 0 aliphatic carbocycles. The van der Waals surface area contributed by atoms with Crippen LogP contribution in [0.1, 0.15) is 29.1 Å². The van der Waals surface area contributed by atoms with Gasteiger partial charge in [-0.05, 0) is 61.0 Å². The number of rotatable bonds is 4. The molecular formula is C20H16FNO4. The lowest BCUT2D eigenvalue weighted by atomic mass is 10.1. The minimum Gasteiger partial charge on any atom is -0.454 e. The maximum Gasteiger partial charge on any atom is 0.287 e. The first-order chi connectivity index (χ1) is 12.6. The summed E-state index contributed by atoms with van der Waals surface area (Å²) >= 11 is 0. The van der Waals surface area contributed by atoms with Gasteiger partial charge in [0.05, 0.1) is 6.04 Å². The number of hydrogen-bond acceptors (Lipinski definition) is 4. The average Bonchev–Trinajstić information content (AvgIpc) is 3.31. The van der Waals surface area contributed by atoms with Crippen LogP contribution in [0.4, 0.5) is 4.39 Å². The zero-order chi connectivity index (χ0) is 18.1. The second-order valence-corrected chi connectivity index (χ2v) is 5.98.